The number of nitro groups is 1. The molecule has 0 aliphatic carbocycles. The maximum atomic E-state index is 14.9. The summed E-state index contributed by atoms with van der Waals surface area (Å²) in [6.45, 7) is 2.57. The number of ether oxygens (including phenoxy) is 2. The number of thiophene rings is 1. The lowest BCUT2D eigenvalue weighted by molar-refractivity contribution is -0.380. The van der Waals surface area contributed by atoms with Crippen molar-refractivity contribution in [2.24, 2.45) is 0 Å². The molecule has 1 aromatic carbocycles. The lowest BCUT2D eigenvalue weighted by atomic mass is 10.2. The zero-order valence-electron chi connectivity index (χ0n) is 17.7. The number of hydrogen-bond donors (Lipinski definition) is 1. The van der Waals surface area contributed by atoms with Crippen molar-refractivity contribution in [1.82, 2.24) is 5.32 Å². The Kier molecular flexibility index (Phi) is 6.49. The molecule has 2 aromatic rings. The number of halogens is 1. The summed E-state index contributed by atoms with van der Waals surface area (Å²) < 4.78 is 24.7. The van der Waals surface area contributed by atoms with Crippen LogP contribution < -0.4 is 20.0 Å². The van der Waals surface area contributed by atoms with Crippen LogP contribution in [-0.4, -0.2) is 69.6 Å². The second-order valence-electron chi connectivity index (χ2n) is 7.47. The van der Waals surface area contributed by atoms with Crippen LogP contribution >= 0.6 is 11.3 Å². The molecular formula is C20H22FN5O6S. The summed E-state index contributed by atoms with van der Waals surface area (Å²) in [5, 5.41) is 14.3. The highest BCUT2D eigenvalue weighted by Gasteiger charge is 2.33. The maximum absolute atomic E-state index is 14.9. The van der Waals surface area contributed by atoms with Gasteiger partial charge < -0.3 is 24.6 Å². The lowest BCUT2D eigenvalue weighted by Gasteiger charge is -2.36. The van der Waals surface area contributed by atoms with Crippen LogP contribution in [0.5, 0.6) is 0 Å². The van der Waals surface area contributed by atoms with E-state index in [1.54, 1.807) is 18.2 Å². The molecule has 3 heterocycles. The van der Waals surface area contributed by atoms with Gasteiger partial charge in [0, 0.05) is 32.2 Å². The average molecular weight is 479 g/mol. The molecule has 1 atom stereocenters. The molecule has 2 aliphatic rings. The number of methoxy groups -OCH3 is 1. The average Bonchev–Trinajstić information content (AvgIpc) is 3.45. The number of nitrogens with one attached hydrogen (secondary N) is 1. The molecule has 11 nitrogen and oxygen atoms in total. The zero-order chi connectivity index (χ0) is 23.5. The van der Waals surface area contributed by atoms with E-state index in [2.05, 4.69) is 10.1 Å². The number of carbonyl (C=O) groups excluding carboxylic acids is 2. The number of carbonyl (C=O) groups is 2. The fourth-order valence-corrected chi connectivity index (χ4v) is 4.65. The quantitative estimate of drug-likeness (QED) is 0.497. The Labute approximate surface area is 192 Å². The highest BCUT2D eigenvalue weighted by molar-refractivity contribution is 7.19. The van der Waals surface area contributed by atoms with Crippen LogP contribution in [0, 0.1) is 15.9 Å². The first kappa shape index (κ1) is 22.6. The summed E-state index contributed by atoms with van der Waals surface area (Å²) in [6, 6.07) is 7.80. The van der Waals surface area contributed by atoms with E-state index in [-0.39, 0.29) is 18.1 Å². The molecule has 1 unspecified atom stereocenters. The van der Waals surface area contributed by atoms with Crippen LogP contribution in [0.4, 0.5) is 35.4 Å². The predicted octanol–water partition coefficient (Wildman–Crippen LogP) is 2.80. The molecule has 0 spiro atoms. The van der Waals surface area contributed by atoms with Crippen LogP contribution in [0.15, 0.2) is 30.3 Å². The first-order valence-corrected chi connectivity index (χ1v) is 11.0. The standard InChI is InChI=1S/C20H22FN5O6S/c1-31-19(27)22-11-14-12-25(20(28)32-14)13-2-3-16(15(21)10-13)23-6-8-24(9-7-23)17-4-5-18(33-17)26(29)30/h2-5,10,14H,6-9,11-12H2,1H3,(H,22,27). The molecule has 176 valence electrons. The van der Waals surface area contributed by atoms with Gasteiger partial charge in [-0.3, -0.25) is 15.0 Å². The van der Waals surface area contributed by atoms with Gasteiger partial charge in [-0.05, 0) is 35.6 Å². The Morgan fingerprint density at radius 3 is 2.64 bits per heavy atom. The summed E-state index contributed by atoms with van der Waals surface area (Å²) >= 11 is 1.13. The molecule has 13 heteroatoms. The van der Waals surface area contributed by atoms with Crippen molar-refractivity contribution < 1.29 is 28.4 Å². The number of anilines is 3. The number of alkyl carbamates (subject to hydrolysis) is 1. The van der Waals surface area contributed by atoms with Gasteiger partial charge in [-0.1, -0.05) is 0 Å². The third-order valence-electron chi connectivity index (χ3n) is 5.47. The summed E-state index contributed by atoms with van der Waals surface area (Å²) in [7, 11) is 1.24. The van der Waals surface area contributed by atoms with Gasteiger partial charge in [0.2, 0.25) is 0 Å². The second-order valence-corrected chi connectivity index (χ2v) is 8.51. The topological polar surface area (TPSA) is 117 Å². The van der Waals surface area contributed by atoms with Crippen molar-refractivity contribution >= 4 is 44.9 Å². The largest absolute Gasteiger partial charge is 0.453 e. The van der Waals surface area contributed by atoms with Gasteiger partial charge in [-0.2, -0.15) is 0 Å². The molecule has 2 saturated heterocycles. The summed E-state index contributed by atoms with van der Waals surface area (Å²) in [6.07, 6.45) is -1.81. The van der Waals surface area contributed by atoms with Gasteiger partial charge in [0.1, 0.15) is 11.9 Å². The number of amides is 2. The van der Waals surface area contributed by atoms with E-state index in [1.807, 2.05) is 9.80 Å². The summed E-state index contributed by atoms with van der Waals surface area (Å²) in [5.74, 6) is -0.461. The van der Waals surface area contributed by atoms with Gasteiger partial charge >= 0.3 is 17.2 Å². The number of hydrogen-bond acceptors (Lipinski definition) is 9. The molecule has 1 N–H and O–H groups in total. The SMILES string of the molecule is COC(=O)NCC1CN(c2ccc(N3CCN(c4ccc([N+](=O)[O-])s4)CC3)c(F)c2)C(=O)O1. The van der Waals surface area contributed by atoms with E-state index in [9.17, 15) is 24.1 Å². The molecule has 2 fully saturated rings. The fraction of sp³-hybridized carbons (Fsp3) is 0.400. The summed E-state index contributed by atoms with van der Waals surface area (Å²) in [5.41, 5.74) is 0.790. The Morgan fingerprint density at radius 1 is 1.27 bits per heavy atom. The second kappa shape index (κ2) is 9.48. The minimum atomic E-state index is -0.628. The molecule has 2 amide bonds. The molecule has 0 saturated carbocycles. The van der Waals surface area contributed by atoms with Crippen LogP contribution in [0.2, 0.25) is 0 Å². The first-order valence-electron chi connectivity index (χ1n) is 10.2. The Balaban J connectivity index is 1.36. The Hall–Kier alpha value is -3.61. The van der Waals surface area contributed by atoms with Crippen LogP contribution in [0.3, 0.4) is 0 Å². The van der Waals surface area contributed by atoms with Gasteiger partial charge in [-0.25, -0.2) is 14.0 Å². The van der Waals surface area contributed by atoms with Gasteiger partial charge in [0.05, 0.1) is 41.5 Å². The predicted molar refractivity (Wildman–Crippen MR) is 120 cm³/mol. The minimum absolute atomic E-state index is 0.0904. The molecule has 0 bridgehead atoms. The third kappa shape index (κ3) is 4.92. The number of rotatable bonds is 6. The monoisotopic (exact) mass is 479 g/mol. The fourth-order valence-electron chi connectivity index (χ4n) is 3.78. The molecule has 33 heavy (non-hydrogen) atoms. The molecule has 2 aliphatic heterocycles. The molecule has 1 aromatic heterocycles. The lowest BCUT2D eigenvalue weighted by Crippen LogP contribution is -2.46. The molecular weight excluding hydrogens is 457 g/mol. The van der Waals surface area contributed by atoms with E-state index < -0.39 is 29.0 Å². The van der Waals surface area contributed by atoms with Crippen molar-refractivity contribution in [1.29, 1.82) is 0 Å². The molecule has 4 rings (SSSR count). The Morgan fingerprint density at radius 2 is 2.00 bits per heavy atom. The van der Waals surface area contributed by atoms with Crippen LogP contribution in [0.25, 0.3) is 0 Å². The number of cyclic esters (lactones) is 1. The van der Waals surface area contributed by atoms with E-state index in [0.717, 1.165) is 16.3 Å². The van der Waals surface area contributed by atoms with Crippen molar-refractivity contribution in [2.45, 2.75) is 6.10 Å². The van der Waals surface area contributed by atoms with Gasteiger partial charge in [0.15, 0.2) is 0 Å². The zero-order valence-corrected chi connectivity index (χ0v) is 18.5. The van der Waals surface area contributed by atoms with Gasteiger partial charge in [-0.15, -0.1) is 0 Å². The number of benzene rings is 1. The van der Waals surface area contributed by atoms with Crippen molar-refractivity contribution in [3.8, 4) is 0 Å². The van der Waals surface area contributed by atoms with Gasteiger partial charge in [0.25, 0.3) is 0 Å². The Bertz CT molecular complexity index is 1060. The molecule has 0 radical (unpaired) electrons. The normalized spacial score (nSPS) is 18.3. The smallest absolute Gasteiger partial charge is 0.414 e. The van der Waals surface area contributed by atoms with E-state index in [4.69, 9.17) is 4.74 Å². The van der Waals surface area contributed by atoms with E-state index >= 15 is 0 Å². The summed E-state index contributed by atoms with van der Waals surface area (Å²) in [4.78, 5) is 39.1. The number of nitrogens with zero attached hydrogens (tertiary/aromatic N) is 4. The number of piperazine rings is 1. The highest BCUT2D eigenvalue weighted by Crippen LogP contribution is 2.33. The van der Waals surface area contributed by atoms with Crippen molar-refractivity contribution in [2.75, 3.05) is 61.1 Å². The van der Waals surface area contributed by atoms with Crippen molar-refractivity contribution in [3.63, 3.8) is 0 Å². The first-order chi connectivity index (χ1) is 15.9. The maximum Gasteiger partial charge on any atom is 0.414 e. The van der Waals surface area contributed by atoms with Crippen LogP contribution in [0.1, 0.15) is 0 Å². The highest BCUT2D eigenvalue weighted by atomic mass is 32.1. The van der Waals surface area contributed by atoms with Crippen molar-refractivity contribution in [3.05, 3.63) is 46.3 Å². The third-order valence-corrected chi connectivity index (χ3v) is 6.56. The van der Waals surface area contributed by atoms with E-state index in [1.165, 1.54) is 24.1 Å². The van der Waals surface area contributed by atoms with E-state index in [0.29, 0.717) is 37.6 Å². The van der Waals surface area contributed by atoms with Crippen LogP contribution in [-0.2, 0) is 9.47 Å². The minimum Gasteiger partial charge on any atom is -0.453 e.